The maximum atomic E-state index is 13.6. The molecule has 0 aromatic heterocycles. The molecule has 1 aliphatic heterocycles. The van der Waals surface area contributed by atoms with Gasteiger partial charge in [-0.1, -0.05) is 36.9 Å². The maximum absolute atomic E-state index is 13.6. The number of amides is 1. The van der Waals surface area contributed by atoms with E-state index in [9.17, 15) is 14.7 Å². The normalized spacial score (nSPS) is 17.3. The first-order valence-electron chi connectivity index (χ1n) is 12.9. The predicted octanol–water partition coefficient (Wildman–Crippen LogP) is 2.41. The van der Waals surface area contributed by atoms with Crippen LogP contribution in [-0.4, -0.2) is 55.5 Å². The van der Waals surface area contributed by atoms with Crippen LogP contribution in [-0.2, 0) is 9.59 Å². The number of likely N-dealkylation sites (tertiary alicyclic amines) is 1. The topological polar surface area (TPSA) is 83.3 Å². The van der Waals surface area contributed by atoms with Crippen molar-refractivity contribution in [3.8, 4) is 11.5 Å². The standard InChI is InChI=1S/C29H38N2O5/c1-6-19-35-23-13-11-22(12-14-23)27(32)25-26(21-9-15-24(16-10-21)36-20(4)5)31(29(34)28(25)33)18-17-30(7-2)8-3/h9-16,20,26,32H,6-8,17-19H2,1-5H3. The summed E-state index contributed by atoms with van der Waals surface area (Å²) >= 11 is 0. The second-order valence-electron chi connectivity index (χ2n) is 9.29. The zero-order chi connectivity index (χ0) is 26.2. The Kier molecular flexibility index (Phi) is 9.53. The van der Waals surface area contributed by atoms with Gasteiger partial charge >= 0.3 is 0 Å². The Hall–Kier alpha value is -3.32. The fraction of sp³-hybridized carbons (Fsp3) is 0.448. The molecule has 0 spiro atoms. The van der Waals surface area contributed by atoms with Gasteiger partial charge < -0.3 is 24.4 Å². The van der Waals surface area contributed by atoms with Gasteiger partial charge in [0.25, 0.3) is 5.91 Å². The first-order valence-corrected chi connectivity index (χ1v) is 12.9. The van der Waals surface area contributed by atoms with Gasteiger partial charge in [0.1, 0.15) is 11.5 Å². The molecule has 0 saturated carbocycles. The lowest BCUT2D eigenvalue weighted by atomic mass is 9.95. The SMILES string of the molecule is CCCOc1ccc(C([O-])=C2C(=O)C(=O)N(CC[NH+](CC)CC)C2c2ccc(OC(C)C)cc2)cc1. The molecular formula is C29H38N2O5. The van der Waals surface area contributed by atoms with E-state index in [-0.39, 0.29) is 11.7 Å². The third-order valence-electron chi connectivity index (χ3n) is 6.39. The molecule has 1 saturated heterocycles. The summed E-state index contributed by atoms with van der Waals surface area (Å²) in [6, 6.07) is 13.3. The number of nitrogens with zero attached hydrogens (tertiary/aromatic N) is 1. The van der Waals surface area contributed by atoms with Gasteiger partial charge in [-0.05, 0) is 69.5 Å². The van der Waals surface area contributed by atoms with Crippen molar-refractivity contribution in [3.63, 3.8) is 0 Å². The highest BCUT2D eigenvalue weighted by Gasteiger charge is 2.44. The van der Waals surface area contributed by atoms with Gasteiger partial charge in [-0.2, -0.15) is 0 Å². The number of carbonyl (C=O) groups excluding carboxylic acids is 2. The molecule has 0 bridgehead atoms. The third-order valence-corrected chi connectivity index (χ3v) is 6.39. The molecule has 2 aromatic carbocycles. The number of nitrogens with one attached hydrogen (secondary N) is 1. The van der Waals surface area contributed by atoms with Crippen LogP contribution in [0, 0.1) is 0 Å². The molecule has 0 radical (unpaired) electrons. The minimum Gasteiger partial charge on any atom is -0.872 e. The zero-order valence-corrected chi connectivity index (χ0v) is 22.0. The second kappa shape index (κ2) is 12.6. The summed E-state index contributed by atoms with van der Waals surface area (Å²) in [5, 5.41) is 13.6. The summed E-state index contributed by atoms with van der Waals surface area (Å²) in [5.41, 5.74) is 1.07. The van der Waals surface area contributed by atoms with Gasteiger partial charge in [-0.15, -0.1) is 0 Å². The number of quaternary nitrogens is 1. The van der Waals surface area contributed by atoms with Crippen molar-refractivity contribution in [3.05, 3.63) is 65.2 Å². The van der Waals surface area contributed by atoms with E-state index in [0.717, 1.165) is 19.5 Å². The minimum absolute atomic E-state index is 0.00528. The average Bonchev–Trinajstić information content (AvgIpc) is 3.13. The van der Waals surface area contributed by atoms with Crippen LogP contribution in [0.2, 0.25) is 0 Å². The van der Waals surface area contributed by atoms with Crippen LogP contribution in [0.3, 0.4) is 0 Å². The van der Waals surface area contributed by atoms with Crippen LogP contribution in [0.4, 0.5) is 0 Å². The second-order valence-corrected chi connectivity index (χ2v) is 9.29. The molecule has 1 heterocycles. The van der Waals surface area contributed by atoms with E-state index < -0.39 is 23.5 Å². The largest absolute Gasteiger partial charge is 0.872 e. The lowest BCUT2D eigenvalue weighted by molar-refractivity contribution is -0.895. The molecular weight excluding hydrogens is 456 g/mol. The number of hydrogen-bond acceptors (Lipinski definition) is 5. The summed E-state index contributed by atoms with van der Waals surface area (Å²) in [7, 11) is 0. The van der Waals surface area contributed by atoms with Gasteiger partial charge in [0.2, 0.25) is 5.78 Å². The predicted molar refractivity (Wildman–Crippen MR) is 138 cm³/mol. The number of rotatable bonds is 12. The van der Waals surface area contributed by atoms with Gasteiger partial charge in [0.05, 0.1) is 44.9 Å². The summed E-state index contributed by atoms with van der Waals surface area (Å²) < 4.78 is 11.4. The van der Waals surface area contributed by atoms with Gasteiger partial charge in [0, 0.05) is 5.57 Å². The summed E-state index contributed by atoms with van der Waals surface area (Å²) in [6.45, 7) is 13.6. The molecule has 1 aliphatic rings. The summed E-state index contributed by atoms with van der Waals surface area (Å²) in [5.74, 6) is -0.429. The molecule has 2 aromatic rings. The fourth-order valence-electron chi connectivity index (χ4n) is 4.41. The Morgan fingerprint density at radius 2 is 1.58 bits per heavy atom. The number of Topliss-reactive ketones (excluding diaryl/α,β-unsaturated/α-hetero) is 1. The van der Waals surface area contributed by atoms with Crippen molar-refractivity contribution < 1.29 is 29.1 Å². The number of likely N-dealkylation sites (N-methyl/N-ethyl adjacent to an activating group) is 1. The van der Waals surface area contributed by atoms with E-state index in [1.807, 2.05) is 45.0 Å². The lowest BCUT2D eigenvalue weighted by Gasteiger charge is -2.28. The Balaban J connectivity index is 2.02. The highest BCUT2D eigenvalue weighted by Crippen LogP contribution is 2.39. The molecule has 1 atom stereocenters. The molecule has 0 aliphatic carbocycles. The number of benzene rings is 2. The number of carbonyl (C=O) groups is 2. The molecule has 7 nitrogen and oxygen atoms in total. The van der Waals surface area contributed by atoms with E-state index in [2.05, 4.69) is 13.8 Å². The number of ether oxygens (including phenoxy) is 2. The quantitative estimate of drug-likeness (QED) is 0.278. The van der Waals surface area contributed by atoms with Gasteiger partial charge in [0.15, 0.2) is 0 Å². The van der Waals surface area contributed by atoms with E-state index in [1.54, 1.807) is 29.2 Å². The van der Waals surface area contributed by atoms with E-state index >= 15 is 0 Å². The Labute approximate surface area is 214 Å². The average molecular weight is 495 g/mol. The molecule has 1 unspecified atom stereocenters. The molecule has 1 fully saturated rings. The zero-order valence-electron chi connectivity index (χ0n) is 22.0. The van der Waals surface area contributed by atoms with Crippen LogP contribution < -0.4 is 19.5 Å². The number of hydrogen-bond donors (Lipinski definition) is 1. The van der Waals surface area contributed by atoms with Crippen LogP contribution in [0.15, 0.2) is 54.1 Å². The van der Waals surface area contributed by atoms with Crippen LogP contribution in [0.25, 0.3) is 5.76 Å². The van der Waals surface area contributed by atoms with Crippen molar-refractivity contribution in [2.45, 2.75) is 53.2 Å². The van der Waals surface area contributed by atoms with Crippen LogP contribution in [0.1, 0.15) is 58.2 Å². The van der Waals surface area contributed by atoms with Gasteiger partial charge in [-0.25, -0.2) is 0 Å². The smallest absolute Gasteiger partial charge is 0.295 e. The van der Waals surface area contributed by atoms with Crippen molar-refractivity contribution in [2.75, 3.05) is 32.8 Å². The molecule has 36 heavy (non-hydrogen) atoms. The first kappa shape index (κ1) is 27.3. The fourth-order valence-corrected chi connectivity index (χ4v) is 4.41. The van der Waals surface area contributed by atoms with Crippen LogP contribution in [0.5, 0.6) is 11.5 Å². The molecule has 7 heteroatoms. The molecule has 194 valence electrons. The third kappa shape index (κ3) is 6.26. The highest BCUT2D eigenvalue weighted by atomic mass is 16.5. The van der Waals surface area contributed by atoms with Gasteiger partial charge in [-0.3, -0.25) is 9.59 Å². The molecule has 1 amide bonds. The Bertz CT molecular complexity index is 1060. The van der Waals surface area contributed by atoms with Crippen LogP contribution >= 0.6 is 0 Å². The highest BCUT2D eigenvalue weighted by molar-refractivity contribution is 6.46. The Morgan fingerprint density at radius 1 is 0.972 bits per heavy atom. The monoisotopic (exact) mass is 494 g/mol. The number of ketones is 1. The summed E-state index contributed by atoms with van der Waals surface area (Å²) in [4.78, 5) is 29.2. The summed E-state index contributed by atoms with van der Waals surface area (Å²) in [6.07, 6.45) is 0.898. The maximum Gasteiger partial charge on any atom is 0.295 e. The lowest BCUT2D eigenvalue weighted by Crippen LogP contribution is -3.12. The minimum atomic E-state index is -0.739. The van der Waals surface area contributed by atoms with Crippen molar-refractivity contribution >= 4 is 17.4 Å². The van der Waals surface area contributed by atoms with E-state index in [0.29, 0.717) is 42.3 Å². The molecule has 3 rings (SSSR count). The van der Waals surface area contributed by atoms with E-state index in [4.69, 9.17) is 9.47 Å². The van der Waals surface area contributed by atoms with Crippen molar-refractivity contribution in [2.24, 2.45) is 0 Å². The molecule has 1 N–H and O–H groups in total. The van der Waals surface area contributed by atoms with E-state index in [1.165, 1.54) is 4.90 Å². The van der Waals surface area contributed by atoms with Crippen molar-refractivity contribution in [1.29, 1.82) is 0 Å². The first-order chi connectivity index (χ1) is 17.3. The van der Waals surface area contributed by atoms with Crippen molar-refractivity contribution in [1.82, 2.24) is 4.90 Å². The Morgan fingerprint density at radius 3 is 2.14 bits per heavy atom.